The van der Waals surface area contributed by atoms with Crippen molar-refractivity contribution in [3.8, 4) is 5.75 Å². The smallest absolute Gasteiger partial charge is 0.230 e. The first-order valence-electron chi connectivity index (χ1n) is 6.77. The molecule has 112 valence electrons. The molecule has 1 aliphatic carbocycles. The SMILES string of the molecule is NC1(c2noc(CCOc3cccc(Cl)c3Cl)n2)CCC1. The van der Waals surface area contributed by atoms with Crippen molar-refractivity contribution in [1.82, 2.24) is 10.1 Å². The summed E-state index contributed by atoms with van der Waals surface area (Å²) in [5.74, 6) is 1.64. The highest BCUT2D eigenvalue weighted by Gasteiger charge is 2.38. The predicted molar refractivity (Wildman–Crippen MR) is 79.7 cm³/mol. The summed E-state index contributed by atoms with van der Waals surface area (Å²) in [6, 6.07) is 5.25. The molecule has 0 radical (unpaired) electrons. The molecule has 1 saturated carbocycles. The van der Waals surface area contributed by atoms with Crippen LogP contribution in [0.3, 0.4) is 0 Å². The van der Waals surface area contributed by atoms with Gasteiger partial charge in [-0.05, 0) is 31.4 Å². The summed E-state index contributed by atoms with van der Waals surface area (Å²) in [5.41, 5.74) is 5.74. The summed E-state index contributed by atoms with van der Waals surface area (Å²) in [7, 11) is 0. The van der Waals surface area contributed by atoms with Gasteiger partial charge in [-0.15, -0.1) is 0 Å². The van der Waals surface area contributed by atoms with Crippen molar-refractivity contribution in [1.29, 1.82) is 0 Å². The number of aromatic nitrogens is 2. The zero-order valence-corrected chi connectivity index (χ0v) is 12.8. The molecule has 0 aliphatic heterocycles. The fourth-order valence-electron chi connectivity index (χ4n) is 2.18. The van der Waals surface area contributed by atoms with Crippen LogP contribution in [-0.2, 0) is 12.0 Å². The maximum absolute atomic E-state index is 6.15. The summed E-state index contributed by atoms with van der Waals surface area (Å²) in [4.78, 5) is 4.33. The standard InChI is InChI=1S/C14H15Cl2N3O2/c15-9-3-1-4-10(12(9)16)20-8-5-11-18-13(19-21-11)14(17)6-2-7-14/h1,3-4H,2,5-8,17H2. The van der Waals surface area contributed by atoms with Crippen LogP contribution in [0.1, 0.15) is 31.0 Å². The van der Waals surface area contributed by atoms with Gasteiger partial charge in [0, 0.05) is 0 Å². The number of nitrogens with two attached hydrogens (primary N) is 1. The number of rotatable bonds is 5. The minimum absolute atomic E-state index is 0.374. The van der Waals surface area contributed by atoms with Crippen LogP contribution >= 0.6 is 23.2 Å². The summed E-state index contributed by atoms with van der Waals surface area (Å²) in [6.45, 7) is 0.374. The molecule has 2 N–H and O–H groups in total. The van der Waals surface area contributed by atoms with Crippen LogP contribution in [0.2, 0.25) is 10.0 Å². The van der Waals surface area contributed by atoms with Crippen molar-refractivity contribution in [2.24, 2.45) is 5.73 Å². The Kier molecular flexibility index (Phi) is 4.06. The van der Waals surface area contributed by atoms with E-state index in [2.05, 4.69) is 10.1 Å². The molecule has 0 atom stereocenters. The minimum Gasteiger partial charge on any atom is -0.491 e. The van der Waals surface area contributed by atoms with Crippen molar-refractivity contribution in [3.05, 3.63) is 40.0 Å². The Balaban J connectivity index is 1.57. The third-order valence-corrected chi connectivity index (χ3v) is 4.45. The van der Waals surface area contributed by atoms with Crippen LogP contribution in [0.4, 0.5) is 0 Å². The summed E-state index contributed by atoms with van der Waals surface area (Å²) < 4.78 is 10.8. The second-order valence-corrected chi connectivity index (χ2v) is 5.96. The zero-order chi connectivity index (χ0) is 14.9. The second-order valence-electron chi connectivity index (χ2n) is 5.17. The lowest BCUT2D eigenvalue weighted by atomic mass is 9.77. The van der Waals surface area contributed by atoms with Crippen molar-refractivity contribution < 1.29 is 9.26 Å². The summed E-state index contributed by atoms with van der Waals surface area (Å²) in [6.07, 6.45) is 3.41. The van der Waals surface area contributed by atoms with Gasteiger partial charge in [0.1, 0.15) is 10.8 Å². The molecular weight excluding hydrogens is 313 g/mol. The second kappa shape index (κ2) is 5.83. The summed E-state index contributed by atoms with van der Waals surface area (Å²) >= 11 is 12.0. The average Bonchev–Trinajstić information content (AvgIpc) is 2.90. The Morgan fingerprint density at radius 3 is 2.86 bits per heavy atom. The van der Waals surface area contributed by atoms with E-state index in [9.17, 15) is 0 Å². The highest BCUT2D eigenvalue weighted by molar-refractivity contribution is 6.42. The van der Waals surface area contributed by atoms with Crippen LogP contribution in [0.15, 0.2) is 22.7 Å². The molecule has 0 amide bonds. The topological polar surface area (TPSA) is 74.2 Å². The lowest BCUT2D eigenvalue weighted by Crippen LogP contribution is -2.44. The first-order valence-corrected chi connectivity index (χ1v) is 7.53. The number of benzene rings is 1. The lowest BCUT2D eigenvalue weighted by molar-refractivity contribution is 0.228. The first kappa shape index (κ1) is 14.6. The lowest BCUT2D eigenvalue weighted by Gasteiger charge is -2.34. The van der Waals surface area contributed by atoms with Gasteiger partial charge < -0.3 is 15.0 Å². The molecule has 1 aromatic heterocycles. The molecule has 0 spiro atoms. The number of hydrogen-bond acceptors (Lipinski definition) is 5. The van der Waals surface area contributed by atoms with E-state index in [0.29, 0.717) is 40.5 Å². The normalized spacial score (nSPS) is 16.5. The largest absolute Gasteiger partial charge is 0.491 e. The van der Waals surface area contributed by atoms with E-state index in [1.165, 1.54) is 0 Å². The molecule has 0 bridgehead atoms. The van der Waals surface area contributed by atoms with E-state index in [0.717, 1.165) is 19.3 Å². The van der Waals surface area contributed by atoms with Crippen LogP contribution in [-0.4, -0.2) is 16.7 Å². The highest BCUT2D eigenvalue weighted by Crippen LogP contribution is 2.37. The molecule has 2 aromatic rings. The van der Waals surface area contributed by atoms with Crippen LogP contribution in [0.25, 0.3) is 0 Å². The molecule has 0 saturated heterocycles. The molecule has 0 unspecified atom stereocenters. The quantitative estimate of drug-likeness (QED) is 0.911. The number of halogens is 2. The molecule has 1 aliphatic rings. The number of nitrogens with zero attached hydrogens (tertiary/aromatic N) is 2. The van der Waals surface area contributed by atoms with Gasteiger partial charge in [-0.1, -0.05) is 34.4 Å². The monoisotopic (exact) mass is 327 g/mol. The molecule has 7 heteroatoms. The van der Waals surface area contributed by atoms with E-state index >= 15 is 0 Å². The van der Waals surface area contributed by atoms with Gasteiger partial charge in [-0.2, -0.15) is 4.98 Å². The Morgan fingerprint density at radius 1 is 1.33 bits per heavy atom. The third-order valence-electron chi connectivity index (χ3n) is 3.65. The maximum Gasteiger partial charge on any atom is 0.230 e. The van der Waals surface area contributed by atoms with Gasteiger partial charge in [-0.3, -0.25) is 0 Å². The van der Waals surface area contributed by atoms with Crippen LogP contribution in [0, 0.1) is 0 Å². The Morgan fingerprint density at radius 2 is 2.14 bits per heavy atom. The van der Waals surface area contributed by atoms with Crippen molar-refractivity contribution >= 4 is 23.2 Å². The van der Waals surface area contributed by atoms with Crippen molar-refractivity contribution in [2.75, 3.05) is 6.61 Å². The van der Waals surface area contributed by atoms with E-state index in [1.807, 2.05) is 0 Å². The molecule has 1 fully saturated rings. The van der Waals surface area contributed by atoms with Gasteiger partial charge in [0.2, 0.25) is 5.89 Å². The van der Waals surface area contributed by atoms with Crippen molar-refractivity contribution in [2.45, 2.75) is 31.2 Å². The maximum atomic E-state index is 6.15. The molecule has 3 rings (SSSR count). The zero-order valence-electron chi connectivity index (χ0n) is 11.3. The van der Waals surface area contributed by atoms with E-state index in [-0.39, 0.29) is 0 Å². The molecular formula is C14H15Cl2N3O2. The first-order chi connectivity index (χ1) is 10.1. The minimum atomic E-state index is -0.404. The predicted octanol–water partition coefficient (Wildman–Crippen LogP) is 3.34. The molecule has 5 nitrogen and oxygen atoms in total. The fraction of sp³-hybridized carbons (Fsp3) is 0.429. The van der Waals surface area contributed by atoms with Crippen LogP contribution < -0.4 is 10.5 Å². The van der Waals surface area contributed by atoms with E-state index < -0.39 is 5.54 Å². The average molecular weight is 328 g/mol. The van der Waals surface area contributed by atoms with E-state index in [1.54, 1.807) is 18.2 Å². The Bertz CT molecular complexity index is 641. The number of ether oxygens (including phenoxy) is 1. The highest BCUT2D eigenvalue weighted by atomic mass is 35.5. The van der Waals surface area contributed by atoms with Crippen molar-refractivity contribution in [3.63, 3.8) is 0 Å². The van der Waals surface area contributed by atoms with Crippen LogP contribution in [0.5, 0.6) is 5.75 Å². The van der Waals surface area contributed by atoms with E-state index in [4.69, 9.17) is 38.2 Å². The third kappa shape index (κ3) is 3.00. The van der Waals surface area contributed by atoms with Gasteiger partial charge in [0.15, 0.2) is 5.82 Å². The fourth-order valence-corrected chi connectivity index (χ4v) is 2.53. The Hall–Kier alpha value is -1.30. The van der Waals surface area contributed by atoms with Gasteiger partial charge in [0.25, 0.3) is 0 Å². The Labute approximate surface area is 132 Å². The summed E-state index contributed by atoms with van der Waals surface area (Å²) in [5, 5.41) is 4.82. The molecule has 1 heterocycles. The van der Waals surface area contributed by atoms with Gasteiger partial charge >= 0.3 is 0 Å². The number of hydrogen-bond donors (Lipinski definition) is 1. The van der Waals surface area contributed by atoms with Gasteiger partial charge in [-0.25, -0.2) is 0 Å². The van der Waals surface area contributed by atoms with Gasteiger partial charge in [0.05, 0.1) is 23.6 Å². The molecule has 1 aromatic carbocycles. The molecule has 21 heavy (non-hydrogen) atoms.